The number of benzene rings is 1. The monoisotopic (exact) mass is 230 g/mol. The van der Waals surface area contributed by atoms with Crippen molar-refractivity contribution in [2.45, 2.75) is 66.2 Å². The summed E-state index contributed by atoms with van der Waals surface area (Å²) in [5, 5.41) is 0. The molecule has 0 spiro atoms. The Morgan fingerprint density at radius 3 is 1.94 bits per heavy atom. The van der Waals surface area contributed by atoms with E-state index < -0.39 is 0 Å². The Bertz CT molecular complexity index is 361. The van der Waals surface area contributed by atoms with Gasteiger partial charge in [0.2, 0.25) is 0 Å². The summed E-state index contributed by atoms with van der Waals surface area (Å²) in [6.07, 6.45) is 6.94. The quantitative estimate of drug-likeness (QED) is 0.651. The van der Waals surface area contributed by atoms with E-state index in [0.717, 1.165) is 24.8 Å². The van der Waals surface area contributed by atoms with Crippen LogP contribution in [0.15, 0.2) is 6.07 Å². The molecule has 94 valence electrons. The van der Waals surface area contributed by atoms with Crippen LogP contribution in [0.4, 0.5) is 0 Å². The number of hydrogen-bond donors (Lipinski definition) is 0. The molecule has 1 rings (SSSR count). The third-order valence-corrected chi connectivity index (χ3v) is 3.42. The van der Waals surface area contributed by atoms with Crippen LogP contribution in [0.5, 0.6) is 0 Å². The highest BCUT2D eigenvalue weighted by molar-refractivity contribution is 5.47. The predicted molar refractivity (Wildman–Crippen MR) is 76.6 cm³/mol. The molecule has 0 saturated heterocycles. The van der Waals surface area contributed by atoms with Gasteiger partial charge in [-0.1, -0.05) is 46.1 Å². The fourth-order valence-corrected chi connectivity index (χ4v) is 2.63. The van der Waals surface area contributed by atoms with Crippen molar-refractivity contribution in [2.75, 3.05) is 0 Å². The summed E-state index contributed by atoms with van der Waals surface area (Å²) in [7, 11) is 0. The highest BCUT2D eigenvalue weighted by Gasteiger charge is 2.11. The third-order valence-electron chi connectivity index (χ3n) is 3.42. The first-order chi connectivity index (χ1) is 8.15. The van der Waals surface area contributed by atoms with Crippen molar-refractivity contribution in [2.24, 2.45) is 0 Å². The first kappa shape index (κ1) is 14.3. The molecule has 0 heterocycles. The van der Waals surface area contributed by atoms with Gasteiger partial charge in [0.25, 0.3) is 0 Å². The van der Waals surface area contributed by atoms with Crippen LogP contribution in [0.25, 0.3) is 0 Å². The van der Waals surface area contributed by atoms with Crippen LogP contribution in [0.3, 0.4) is 0 Å². The minimum Gasteiger partial charge on any atom is -0.0651 e. The number of aryl methyl sites for hydroxylation is 2. The fraction of sp³-hybridized carbons (Fsp3) is 0.588. The van der Waals surface area contributed by atoms with Gasteiger partial charge in [-0.05, 0) is 60.9 Å². The maximum atomic E-state index is 6.36. The van der Waals surface area contributed by atoms with Crippen molar-refractivity contribution in [1.82, 2.24) is 0 Å². The molecule has 0 N–H and O–H groups in total. The van der Waals surface area contributed by atoms with E-state index in [-0.39, 0.29) is 0 Å². The van der Waals surface area contributed by atoms with Gasteiger partial charge >= 0.3 is 0 Å². The Morgan fingerprint density at radius 2 is 1.41 bits per heavy atom. The molecule has 0 aliphatic rings. The molecule has 2 radical (unpaired) electrons. The van der Waals surface area contributed by atoms with Gasteiger partial charge in [0, 0.05) is 0 Å². The van der Waals surface area contributed by atoms with Gasteiger partial charge < -0.3 is 0 Å². The smallest absolute Gasteiger partial charge is 0.000607 e. The predicted octanol–water partition coefficient (Wildman–Crippen LogP) is 4.91. The topological polar surface area (TPSA) is 0 Å². The second-order valence-electron chi connectivity index (χ2n) is 4.97. The summed E-state index contributed by atoms with van der Waals surface area (Å²) in [6.45, 7) is 15.3. The van der Waals surface area contributed by atoms with Crippen molar-refractivity contribution in [3.8, 4) is 0 Å². The summed E-state index contributed by atoms with van der Waals surface area (Å²) in [4.78, 5) is 0. The first-order valence-corrected chi connectivity index (χ1v) is 7.05. The Balaban J connectivity index is 3.25. The van der Waals surface area contributed by atoms with E-state index in [4.69, 9.17) is 6.92 Å². The minimum atomic E-state index is 1.07. The van der Waals surface area contributed by atoms with E-state index in [0.29, 0.717) is 0 Å². The van der Waals surface area contributed by atoms with E-state index in [1.54, 1.807) is 0 Å². The molecule has 0 heteroatoms. The molecule has 0 aliphatic carbocycles. The molecular formula is C17H26. The zero-order valence-electron chi connectivity index (χ0n) is 11.9. The van der Waals surface area contributed by atoms with E-state index in [1.165, 1.54) is 41.5 Å². The van der Waals surface area contributed by atoms with Crippen LogP contribution in [0, 0.1) is 13.8 Å². The molecule has 1 aromatic carbocycles. The molecule has 0 bridgehead atoms. The van der Waals surface area contributed by atoms with Gasteiger partial charge in [0.15, 0.2) is 0 Å². The number of hydrogen-bond acceptors (Lipinski definition) is 0. The van der Waals surface area contributed by atoms with E-state index in [1.807, 2.05) is 0 Å². The van der Waals surface area contributed by atoms with Gasteiger partial charge in [-0.3, -0.25) is 0 Å². The Kier molecular flexibility index (Phi) is 5.74. The second kappa shape index (κ2) is 6.83. The van der Waals surface area contributed by atoms with Gasteiger partial charge in [-0.25, -0.2) is 0 Å². The normalized spacial score (nSPS) is 10.9. The molecule has 0 saturated carbocycles. The zero-order chi connectivity index (χ0) is 12.8. The van der Waals surface area contributed by atoms with E-state index in [9.17, 15) is 0 Å². The second-order valence-corrected chi connectivity index (χ2v) is 4.97. The molecule has 0 aromatic heterocycles. The number of rotatable bonds is 6. The summed E-state index contributed by atoms with van der Waals surface area (Å²) in [5.41, 5.74) is 6.80. The van der Waals surface area contributed by atoms with Crippen molar-refractivity contribution < 1.29 is 0 Å². The van der Waals surface area contributed by atoms with Gasteiger partial charge in [0.05, 0.1) is 0 Å². The molecule has 0 fully saturated rings. The molecular weight excluding hydrogens is 204 g/mol. The van der Waals surface area contributed by atoms with Crippen molar-refractivity contribution in [1.29, 1.82) is 0 Å². The van der Waals surface area contributed by atoms with Crippen LogP contribution >= 0.6 is 0 Å². The third kappa shape index (κ3) is 3.34. The highest BCUT2D eigenvalue weighted by Crippen LogP contribution is 2.26. The van der Waals surface area contributed by atoms with E-state index in [2.05, 4.69) is 33.8 Å². The van der Waals surface area contributed by atoms with Crippen LogP contribution in [0.2, 0.25) is 0 Å². The van der Waals surface area contributed by atoms with Crippen LogP contribution in [-0.2, 0) is 19.3 Å². The van der Waals surface area contributed by atoms with Crippen molar-refractivity contribution >= 4 is 0 Å². The zero-order valence-corrected chi connectivity index (χ0v) is 11.9. The maximum Gasteiger partial charge on any atom is -0.000607 e. The standard InChI is InChI=1S/C17H26/c1-6-9-15-12-13(4)16(10-7-2)17(11-8-3)14(15)5/h5,12H,6-11H2,1-4H3. The van der Waals surface area contributed by atoms with Crippen molar-refractivity contribution in [3.63, 3.8) is 0 Å². The first-order valence-electron chi connectivity index (χ1n) is 7.05. The van der Waals surface area contributed by atoms with E-state index >= 15 is 0 Å². The molecule has 0 aliphatic heterocycles. The maximum absolute atomic E-state index is 6.36. The van der Waals surface area contributed by atoms with Gasteiger partial charge in [0.1, 0.15) is 0 Å². The van der Waals surface area contributed by atoms with Crippen LogP contribution in [-0.4, -0.2) is 0 Å². The molecule has 1 aromatic rings. The summed E-state index contributed by atoms with van der Waals surface area (Å²) >= 11 is 0. The van der Waals surface area contributed by atoms with Crippen LogP contribution in [0.1, 0.15) is 67.9 Å². The lowest BCUT2D eigenvalue weighted by atomic mass is 9.87. The molecule has 0 atom stereocenters. The molecule has 0 amide bonds. The average molecular weight is 230 g/mol. The highest BCUT2D eigenvalue weighted by atomic mass is 14.2. The average Bonchev–Trinajstić information content (AvgIpc) is 2.30. The van der Waals surface area contributed by atoms with Gasteiger partial charge in [-0.15, -0.1) is 0 Å². The lowest BCUT2D eigenvalue weighted by molar-refractivity contribution is 0.836. The Hall–Kier alpha value is -0.780. The minimum absolute atomic E-state index is 1.07. The lowest BCUT2D eigenvalue weighted by Gasteiger charge is -2.18. The fourth-order valence-electron chi connectivity index (χ4n) is 2.63. The molecule has 17 heavy (non-hydrogen) atoms. The Morgan fingerprint density at radius 1 is 0.882 bits per heavy atom. The summed E-state index contributed by atoms with van der Waals surface area (Å²) in [5.74, 6) is 0. The lowest BCUT2D eigenvalue weighted by Crippen LogP contribution is -2.04. The molecule has 0 unspecified atom stereocenters. The summed E-state index contributed by atoms with van der Waals surface area (Å²) < 4.78 is 0. The van der Waals surface area contributed by atoms with Gasteiger partial charge in [-0.2, -0.15) is 0 Å². The SMILES string of the molecule is [CH]c1c(CCC)cc(C)c(CCC)c1CCC. The van der Waals surface area contributed by atoms with Crippen molar-refractivity contribution in [3.05, 3.63) is 40.8 Å². The van der Waals surface area contributed by atoms with Crippen LogP contribution < -0.4 is 0 Å². The molecule has 0 nitrogen and oxygen atoms in total. The summed E-state index contributed by atoms with van der Waals surface area (Å²) in [6, 6.07) is 2.31. The largest absolute Gasteiger partial charge is 0.0651 e. The Labute approximate surface area is 107 Å².